The summed E-state index contributed by atoms with van der Waals surface area (Å²) in [7, 11) is 0. The predicted molar refractivity (Wildman–Crippen MR) is 79.0 cm³/mol. The molecule has 1 aliphatic heterocycles. The molecule has 100 valence electrons. The fraction of sp³-hybridized carbons (Fsp3) is 0.0588. The van der Waals surface area contributed by atoms with E-state index in [0.29, 0.717) is 6.61 Å². The molecule has 0 bridgehead atoms. The van der Waals surface area contributed by atoms with E-state index in [9.17, 15) is 0 Å². The minimum absolute atomic E-state index is 0.417. The molecule has 2 aromatic rings. The van der Waals surface area contributed by atoms with E-state index in [1.807, 2.05) is 54.6 Å². The Balaban J connectivity index is 1.92. The Bertz CT molecular complexity index is 560. The van der Waals surface area contributed by atoms with Crippen LogP contribution in [0.3, 0.4) is 0 Å². The quantitative estimate of drug-likeness (QED) is 0.842. The van der Waals surface area contributed by atoms with Gasteiger partial charge in [-0.2, -0.15) is 0 Å². The Morgan fingerprint density at radius 2 is 1.40 bits per heavy atom. The Labute approximate surface area is 118 Å². The van der Waals surface area contributed by atoms with Crippen LogP contribution in [0, 0.1) is 0 Å². The van der Waals surface area contributed by atoms with E-state index >= 15 is 0 Å². The Hall–Kier alpha value is -2.36. The molecule has 20 heavy (non-hydrogen) atoms. The predicted octanol–water partition coefficient (Wildman–Crippen LogP) is 3.58. The zero-order valence-electron chi connectivity index (χ0n) is 11.0. The molecule has 0 amide bonds. The van der Waals surface area contributed by atoms with E-state index in [1.165, 1.54) is 0 Å². The lowest BCUT2D eigenvalue weighted by Gasteiger charge is -2.19. The van der Waals surface area contributed by atoms with Gasteiger partial charge < -0.3 is 0 Å². The van der Waals surface area contributed by atoms with Gasteiger partial charge in [0.1, 0.15) is 6.61 Å². The van der Waals surface area contributed by atoms with E-state index in [1.54, 1.807) is 0 Å². The summed E-state index contributed by atoms with van der Waals surface area (Å²) in [4.78, 5) is 9.87. The summed E-state index contributed by atoms with van der Waals surface area (Å²) in [6.07, 6.45) is 4.13. The van der Waals surface area contributed by atoms with Crippen LogP contribution in [0.5, 0.6) is 0 Å². The first-order valence-corrected chi connectivity index (χ1v) is 6.49. The van der Waals surface area contributed by atoms with E-state index in [2.05, 4.69) is 23.7 Å². The van der Waals surface area contributed by atoms with Gasteiger partial charge in [-0.15, -0.1) is 4.99 Å². The van der Waals surface area contributed by atoms with Crippen molar-refractivity contribution < 1.29 is 9.88 Å². The summed E-state index contributed by atoms with van der Waals surface area (Å²) >= 11 is 0. The highest BCUT2D eigenvalue weighted by Crippen LogP contribution is 2.19. The number of nitrogens with one attached hydrogen (secondary N) is 1. The molecule has 0 radical (unpaired) electrons. The van der Waals surface area contributed by atoms with Crippen molar-refractivity contribution in [3.05, 3.63) is 83.1 Å². The van der Waals surface area contributed by atoms with Crippen LogP contribution in [0.15, 0.2) is 71.9 Å². The average Bonchev–Trinajstić information content (AvgIpc) is 2.51. The maximum Gasteiger partial charge on any atom is 0.112 e. The first-order chi connectivity index (χ1) is 9.92. The van der Waals surface area contributed by atoms with Gasteiger partial charge in [-0.05, 0) is 23.3 Å². The van der Waals surface area contributed by atoms with E-state index < -0.39 is 0 Å². The van der Waals surface area contributed by atoms with Gasteiger partial charge in [-0.1, -0.05) is 60.7 Å². The highest BCUT2D eigenvalue weighted by atomic mass is 17.3. The van der Waals surface area contributed by atoms with Gasteiger partial charge >= 0.3 is 0 Å². The second-order valence-electron chi connectivity index (χ2n) is 4.50. The smallest absolute Gasteiger partial charge is 0.112 e. The molecule has 0 spiro atoms. The zero-order chi connectivity index (χ0) is 13.6. The molecular formula is C17H15NO2. The van der Waals surface area contributed by atoms with Gasteiger partial charge in [-0.25, -0.2) is 10.4 Å². The summed E-state index contributed by atoms with van der Waals surface area (Å²) in [5.74, 6) is 0. The van der Waals surface area contributed by atoms with E-state index in [-0.39, 0.29) is 0 Å². The van der Waals surface area contributed by atoms with Crippen LogP contribution in [0.4, 0.5) is 0 Å². The molecule has 1 saturated heterocycles. The lowest BCUT2D eigenvalue weighted by atomic mass is 10.1. The minimum atomic E-state index is 0.417. The lowest BCUT2D eigenvalue weighted by molar-refractivity contribution is -0.333. The Kier molecular flexibility index (Phi) is 3.92. The van der Waals surface area contributed by atoms with Gasteiger partial charge in [0.2, 0.25) is 0 Å². The molecule has 0 saturated carbocycles. The number of hydrogen-bond donors (Lipinski definition) is 1. The van der Waals surface area contributed by atoms with Crippen LogP contribution in [0.25, 0.3) is 12.2 Å². The van der Waals surface area contributed by atoms with E-state index in [0.717, 1.165) is 22.4 Å². The highest BCUT2D eigenvalue weighted by molar-refractivity contribution is 5.65. The molecule has 0 aliphatic carbocycles. The summed E-state index contributed by atoms with van der Waals surface area (Å²) in [5.41, 5.74) is 7.01. The summed E-state index contributed by atoms with van der Waals surface area (Å²) in [5, 5.41) is 0. The van der Waals surface area contributed by atoms with Crippen molar-refractivity contribution >= 4 is 12.2 Å². The molecule has 3 heteroatoms. The normalized spacial score (nSPS) is 19.0. The molecule has 3 rings (SSSR count). The van der Waals surface area contributed by atoms with Gasteiger partial charge in [0, 0.05) is 5.57 Å². The van der Waals surface area contributed by atoms with Crippen LogP contribution in [0.1, 0.15) is 11.1 Å². The van der Waals surface area contributed by atoms with Crippen LogP contribution in [0.2, 0.25) is 0 Å². The molecule has 2 aromatic carbocycles. The highest BCUT2D eigenvalue weighted by Gasteiger charge is 2.12. The fourth-order valence-corrected chi connectivity index (χ4v) is 2.02. The maximum atomic E-state index is 5.00. The van der Waals surface area contributed by atoms with Crippen molar-refractivity contribution in [2.24, 2.45) is 0 Å². The monoisotopic (exact) mass is 265 g/mol. The maximum absolute atomic E-state index is 5.00. The van der Waals surface area contributed by atoms with Crippen molar-refractivity contribution in [2.45, 2.75) is 0 Å². The fourth-order valence-electron chi connectivity index (χ4n) is 2.02. The molecule has 1 N–H and O–H groups in total. The second kappa shape index (κ2) is 6.19. The second-order valence-corrected chi connectivity index (χ2v) is 4.50. The molecule has 0 atom stereocenters. The first kappa shape index (κ1) is 12.7. The van der Waals surface area contributed by atoms with E-state index in [4.69, 9.17) is 9.88 Å². The Morgan fingerprint density at radius 1 is 0.800 bits per heavy atom. The van der Waals surface area contributed by atoms with Crippen LogP contribution >= 0.6 is 0 Å². The van der Waals surface area contributed by atoms with Crippen molar-refractivity contribution in [1.29, 1.82) is 0 Å². The summed E-state index contributed by atoms with van der Waals surface area (Å²) in [6.45, 7) is 0.417. The molecular weight excluding hydrogens is 250 g/mol. The third-order valence-corrected chi connectivity index (χ3v) is 3.02. The third kappa shape index (κ3) is 3.15. The molecule has 1 aliphatic rings. The van der Waals surface area contributed by atoms with Crippen molar-refractivity contribution in [3.63, 3.8) is 0 Å². The summed E-state index contributed by atoms with van der Waals surface area (Å²) in [6, 6.07) is 20.2. The van der Waals surface area contributed by atoms with Crippen LogP contribution in [-0.2, 0) is 9.88 Å². The number of hydrogen-bond acceptors (Lipinski definition) is 3. The van der Waals surface area contributed by atoms with Gasteiger partial charge in [0.05, 0.1) is 5.70 Å². The summed E-state index contributed by atoms with van der Waals surface area (Å²) < 4.78 is 0. The van der Waals surface area contributed by atoms with Crippen molar-refractivity contribution in [3.8, 4) is 0 Å². The molecule has 1 heterocycles. The SMILES string of the molecule is C(=C1COONC1=Cc1ccccc1)c1ccccc1. The van der Waals surface area contributed by atoms with Crippen molar-refractivity contribution in [1.82, 2.24) is 5.48 Å². The Morgan fingerprint density at radius 3 is 2.05 bits per heavy atom. The molecule has 0 unspecified atom stereocenters. The molecule has 1 fully saturated rings. The van der Waals surface area contributed by atoms with Gasteiger partial charge in [0.25, 0.3) is 0 Å². The largest absolute Gasteiger partial charge is 0.235 e. The molecule has 3 nitrogen and oxygen atoms in total. The zero-order valence-corrected chi connectivity index (χ0v) is 11.0. The topological polar surface area (TPSA) is 30.5 Å². The third-order valence-electron chi connectivity index (χ3n) is 3.02. The first-order valence-electron chi connectivity index (χ1n) is 6.49. The molecule has 0 aromatic heterocycles. The van der Waals surface area contributed by atoms with Crippen molar-refractivity contribution in [2.75, 3.05) is 6.61 Å². The van der Waals surface area contributed by atoms with Crippen LogP contribution in [-0.4, -0.2) is 6.61 Å². The van der Waals surface area contributed by atoms with Gasteiger partial charge in [-0.3, -0.25) is 0 Å². The number of hydroxylamine groups is 1. The lowest BCUT2D eigenvalue weighted by Crippen LogP contribution is -2.24. The minimum Gasteiger partial charge on any atom is -0.235 e. The standard InChI is InChI=1S/C17H15NO2/c1-3-7-14(8-4-1)11-16-13-19-20-18-17(16)12-15-9-5-2-6-10-15/h1-12,18H,13H2. The average molecular weight is 265 g/mol. The van der Waals surface area contributed by atoms with Gasteiger partial charge in [0.15, 0.2) is 0 Å². The number of benzene rings is 2. The van der Waals surface area contributed by atoms with Crippen LogP contribution < -0.4 is 5.48 Å². The number of rotatable bonds is 2.